The zero-order valence-electron chi connectivity index (χ0n) is 15.6. The maximum Gasteiger partial charge on any atom is 0.213 e. The Morgan fingerprint density at radius 2 is 2.12 bits per heavy atom. The first kappa shape index (κ1) is 17.3. The number of anilines is 1. The lowest BCUT2D eigenvalue weighted by atomic mass is 9.75. The van der Waals surface area contributed by atoms with E-state index in [1.54, 1.807) is 11.9 Å². The van der Waals surface area contributed by atoms with Gasteiger partial charge in [-0.3, -0.25) is 4.79 Å². The number of aromatic nitrogens is 1. The van der Waals surface area contributed by atoms with Crippen LogP contribution in [0.5, 0.6) is 0 Å². The van der Waals surface area contributed by atoms with Crippen molar-refractivity contribution in [1.82, 2.24) is 10.3 Å². The van der Waals surface area contributed by atoms with Gasteiger partial charge in [0.2, 0.25) is 6.41 Å². The highest BCUT2D eigenvalue weighted by Crippen LogP contribution is 2.42. The molecule has 1 aliphatic carbocycles. The van der Waals surface area contributed by atoms with Gasteiger partial charge < -0.3 is 15.2 Å². The fraction of sp³-hybridized carbons (Fsp3) is 0.381. The number of fused-ring (bicyclic) bond motifs is 1. The monoisotopic (exact) mass is 337 g/mol. The predicted molar refractivity (Wildman–Crippen MR) is 106 cm³/mol. The number of hydrogen-bond donors (Lipinski definition) is 2. The molecule has 0 fully saturated rings. The summed E-state index contributed by atoms with van der Waals surface area (Å²) in [6.45, 7) is 9.00. The molecule has 2 aromatic rings. The molecule has 0 saturated heterocycles. The summed E-state index contributed by atoms with van der Waals surface area (Å²) >= 11 is 0. The van der Waals surface area contributed by atoms with Crippen LogP contribution in [0.3, 0.4) is 0 Å². The van der Waals surface area contributed by atoms with Crippen LogP contribution in [0.15, 0.2) is 42.1 Å². The molecule has 1 aliphatic rings. The minimum atomic E-state index is 0.330. The van der Waals surface area contributed by atoms with Gasteiger partial charge in [-0.1, -0.05) is 26.5 Å². The number of aromatic amines is 1. The van der Waals surface area contributed by atoms with Crippen LogP contribution < -0.4 is 10.2 Å². The highest BCUT2D eigenvalue weighted by Gasteiger charge is 2.28. The lowest BCUT2D eigenvalue weighted by Gasteiger charge is -2.33. The van der Waals surface area contributed by atoms with Crippen molar-refractivity contribution in [2.24, 2.45) is 5.41 Å². The van der Waals surface area contributed by atoms with Crippen molar-refractivity contribution in [2.75, 3.05) is 19.0 Å². The second-order valence-electron chi connectivity index (χ2n) is 7.70. The van der Waals surface area contributed by atoms with Crippen LogP contribution in [0.2, 0.25) is 0 Å². The van der Waals surface area contributed by atoms with Crippen molar-refractivity contribution in [1.29, 1.82) is 0 Å². The van der Waals surface area contributed by atoms with Crippen molar-refractivity contribution < 1.29 is 4.79 Å². The average Bonchev–Trinajstić information content (AvgIpc) is 3.02. The third-order valence-electron chi connectivity index (χ3n) is 5.23. The molecule has 1 aromatic carbocycles. The lowest BCUT2D eigenvalue weighted by Crippen LogP contribution is -2.24. The fourth-order valence-corrected chi connectivity index (χ4v) is 3.58. The smallest absolute Gasteiger partial charge is 0.213 e. The Morgan fingerprint density at radius 1 is 1.36 bits per heavy atom. The van der Waals surface area contributed by atoms with Crippen molar-refractivity contribution >= 4 is 28.6 Å². The van der Waals surface area contributed by atoms with Crippen molar-refractivity contribution in [2.45, 2.75) is 33.1 Å². The summed E-state index contributed by atoms with van der Waals surface area (Å²) in [7, 11) is 3.75. The van der Waals surface area contributed by atoms with E-state index in [1.807, 2.05) is 25.2 Å². The molecule has 0 aliphatic heterocycles. The first-order valence-electron chi connectivity index (χ1n) is 8.75. The van der Waals surface area contributed by atoms with Crippen LogP contribution in [0.4, 0.5) is 5.69 Å². The zero-order valence-corrected chi connectivity index (χ0v) is 15.6. The molecule has 0 radical (unpaired) electrons. The number of allylic oxidation sites excluding steroid dienone is 3. The van der Waals surface area contributed by atoms with E-state index in [9.17, 15) is 4.79 Å². The summed E-state index contributed by atoms with van der Waals surface area (Å²) in [6, 6.07) is 8.13. The second-order valence-corrected chi connectivity index (χ2v) is 7.70. The zero-order chi connectivity index (χ0) is 18.2. The fourth-order valence-electron chi connectivity index (χ4n) is 3.58. The summed E-state index contributed by atoms with van der Waals surface area (Å²) in [5, 5.41) is 4.51. The molecule has 0 unspecified atom stereocenters. The van der Waals surface area contributed by atoms with E-state index in [4.69, 9.17) is 0 Å². The van der Waals surface area contributed by atoms with Crippen LogP contribution >= 0.6 is 0 Å². The van der Waals surface area contributed by atoms with E-state index < -0.39 is 0 Å². The summed E-state index contributed by atoms with van der Waals surface area (Å²) in [4.78, 5) is 16.0. The molecule has 132 valence electrons. The van der Waals surface area contributed by atoms with Gasteiger partial charge in [0.05, 0.1) is 0 Å². The first-order chi connectivity index (χ1) is 11.8. The van der Waals surface area contributed by atoms with E-state index in [0.29, 0.717) is 5.41 Å². The number of rotatable bonds is 5. The molecular formula is C21H27N3O. The van der Waals surface area contributed by atoms with Crippen LogP contribution in [0.1, 0.15) is 38.8 Å². The Morgan fingerprint density at radius 3 is 2.80 bits per heavy atom. The normalized spacial score (nSPS) is 16.8. The molecule has 3 rings (SSSR count). The molecular weight excluding hydrogens is 310 g/mol. The Hall–Kier alpha value is -2.49. The van der Waals surface area contributed by atoms with Gasteiger partial charge in [0.15, 0.2) is 0 Å². The van der Waals surface area contributed by atoms with Gasteiger partial charge in [-0.25, -0.2) is 0 Å². The molecule has 1 heterocycles. The quantitative estimate of drug-likeness (QED) is 0.792. The minimum absolute atomic E-state index is 0.330. The molecule has 1 aromatic heterocycles. The number of nitrogens with zero attached hydrogens (tertiary/aromatic N) is 1. The van der Waals surface area contributed by atoms with E-state index in [0.717, 1.165) is 47.1 Å². The third kappa shape index (κ3) is 3.34. The molecule has 0 saturated carbocycles. The van der Waals surface area contributed by atoms with E-state index in [2.05, 4.69) is 36.8 Å². The largest absolute Gasteiger partial charge is 0.391 e. The van der Waals surface area contributed by atoms with Crippen molar-refractivity contribution in [3.05, 3.63) is 47.8 Å². The highest BCUT2D eigenvalue weighted by molar-refractivity contribution is 5.91. The summed E-state index contributed by atoms with van der Waals surface area (Å²) in [5.41, 5.74) is 6.93. The molecule has 2 N–H and O–H groups in total. The standard InChI is InChI=1S/C21H27N3O/c1-14(17-8-9-21(2,3)12-20(17)22-4)18-10-15-6-7-16(24(5)13-25)11-19(15)23-18/h6-7,10-11,13,22-23H,1,8-9,12H2,2-5H3. The van der Waals surface area contributed by atoms with Gasteiger partial charge in [-0.15, -0.1) is 0 Å². The van der Waals surface area contributed by atoms with Crippen LogP contribution in [-0.4, -0.2) is 25.5 Å². The minimum Gasteiger partial charge on any atom is -0.391 e. The van der Waals surface area contributed by atoms with Crippen LogP contribution in [0, 0.1) is 5.41 Å². The molecule has 4 heteroatoms. The van der Waals surface area contributed by atoms with Gasteiger partial charge in [0.25, 0.3) is 0 Å². The average molecular weight is 337 g/mol. The SMILES string of the molecule is C=C(C1=C(NC)CC(C)(C)CC1)c1cc2ccc(N(C)C=O)cc2[nH]1. The summed E-state index contributed by atoms with van der Waals surface area (Å²) < 4.78 is 0. The maximum absolute atomic E-state index is 11.0. The summed E-state index contributed by atoms with van der Waals surface area (Å²) in [5.74, 6) is 0. The van der Waals surface area contributed by atoms with Crippen LogP contribution in [-0.2, 0) is 4.79 Å². The Labute approximate surface area is 149 Å². The number of H-pyrrole nitrogens is 1. The summed E-state index contributed by atoms with van der Waals surface area (Å²) in [6.07, 6.45) is 4.07. The number of carbonyl (C=O) groups excluding carboxylic acids is 1. The number of amides is 1. The number of hydrogen-bond acceptors (Lipinski definition) is 2. The van der Waals surface area contributed by atoms with Gasteiger partial charge >= 0.3 is 0 Å². The predicted octanol–water partition coefficient (Wildman–Crippen LogP) is 4.46. The van der Waals surface area contributed by atoms with Crippen molar-refractivity contribution in [3.63, 3.8) is 0 Å². The second kappa shape index (κ2) is 6.43. The number of nitrogens with one attached hydrogen (secondary N) is 2. The molecule has 0 spiro atoms. The molecule has 25 heavy (non-hydrogen) atoms. The van der Waals surface area contributed by atoms with Gasteiger partial charge in [0, 0.05) is 42.1 Å². The van der Waals surface area contributed by atoms with Crippen molar-refractivity contribution in [3.8, 4) is 0 Å². The highest BCUT2D eigenvalue weighted by atomic mass is 16.1. The molecule has 1 amide bonds. The lowest BCUT2D eigenvalue weighted by molar-refractivity contribution is -0.107. The van der Waals surface area contributed by atoms with Crippen LogP contribution in [0.25, 0.3) is 16.5 Å². The van der Waals surface area contributed by atoms with Gasteiger partial charge in [-0.05, 0) is 54.0 Å². The van der Waals surface area contributed by atoms with Gasteiger partial charge in [0.1, 0.15) is 0 Å². The Bertz CT molecular complexity index is 857. The van der Waals surface area contributed by atoms with E-state index in [1.165, 1.54) is 17.7 Å². The van der Waals surface area contributed by atoms with E-state index in [-0.39, 0.29) is 0 Å². The molecule has 4 nitrogen and oxygen atoms in total. The Kier molecular flexibility index (Phi) is 4.46. The number of benzene rings is 1. The number of carbonyl (C=O) groups is 1. The third-order valence-corrected chi connectivity index (χ3v) is 5.23. The Balaban J connectivity index is 1.97. The van der Waals surface area contributed by atoms with Gasteiger partial charge in [-0.2, -0.15) is 0 Å². The first-order valence-corrected chi connectivity index (χ1v) is 8.75. The maximum atomic E-state index is 11.0. The molecule has 0 bridgehead atoms. The van der Waals surface area contributed by atoms with E-state index >= 15 is 0 Å². The topological polar surface area (TPSA) is 48.1 Å². The molecule has 0 atom stereocenters.